The zero-order valence-electron chi connectivity index (χ0n) is 33.9. The molecule has 2 aliphatic carbocycles. The van der Waals surface area contributed by atoms with E-state index in [0.29, 0.717) is 11.8 Å². The van der Waals surface area contributed by atoms with Crippen molar-refractivity contribution in [2.45, 2.75) is 102 Å². The van der Waals surface area contributed by atoms with E-state index in [9.17, 15) is 0 Å². The van der Waals surface area contributed by atoms with Crippen molar-refractivity contribution in [2.75, 3.05) is 0 Å². The summed E-state index contributed by atoms with van der Waals surface area (Å²) in [5.74, 6) is 1.99. The molecular weight excluding hydrogens is 661 g/mol. The van der Waals surface area contributed by atoms with Crippen molar-refractivity contribution in [2.24, 2.45) is 11.8 Å². The van der Waals surface area contributed by atoms with Gasteiger partial charge in [-0.05, 0) is 102 Å². The molecule has 3 atom stereocenters. The van der Waals surface area contributed by atoms with Crippen molar-refractivity contribution in [3.8, 4) is 11.1 Å². The Labute approximate surface area is 337 Å². The Morgan fingerprint density at radius 1 is 0.618 bits per heavy atom. The molecule has 5 aromatic carbocycles. The van der Waals surface area contributed by atoms with Crippen LogP contribution in [0.2, 0.25) is 0 Å². The number of rotatable bonds is 7. The van der Waals surface area contributed by atoms with Crippen LogP contribution in [0, 0.1) is 32.6 Å². The van der Waals surface area contributed by atoms with Gasteiger partial charge in [0.25, 0.3) is 0 Å². The topological polar surface area (TPSA) is 0 Å². The van der Waals surface area contributed by atoms with Gasteiger partial charge in [-0.15, -0.1) is 0 Å². The molecule has 3 unspecified atom stereocenters. The average molecular weight is 731 g/mol. The third-order valence-corrected chi connectivity index (χ3v) is 10.3. The van der Waals surface area contributed by atoms with E-state index < -0.39 is 0 Å². The second kappa shape index (κ2) is 22.4. The molecule has 5 aromatic rings. The van der Waals surface area contributed by atoms with Crippen molar-refractivity contribution in [1.82, 2.24) is 0 Å². The molecule has 0 aliphatic heterocycles. The molecule has 0 spiro atoms. The lowest BCUT2D eigenvalue weighted by Crippen LogP contribution is -2.06. The molecule has 0 heterocycles. The van der Waals surface area contributed by atoms with E-state index in [1.807, 2.05) is 26.0 Å². The first-order chi connectivity index (χ1) is 25.6. The van der Waals surface area contributed by atoms with E-state index in [-0.39, 0.29) is 20.8 Å². The van der Waals surface area contributed by atoms with E-state index >= 15 is 0 Å². The molecule has 0 fully saturated rings. The van der Waals surface area contributed by atoms with Gasteiger partial charge in [0.2, 0.25) is 0 Å². The summed E-state index contributed by atoms with van der Waals surface area (Å²) in [4.78, 5) is 0. The predicted octanol–water partition coefficient (Wildman–Crippen LogP) is 16.8. The van der Waals surface area contributed by atoms with Crippen molar-refractivity contribution < 1.29 is 0 Å². The van der Waals surface area contributed by atoms with Gasteiger partial charge in [0.05, 0.1) is 0 Å². The number of benzene rings is 5. The summed E-state index contributed by atoms with van der Waals surface area (Å²) >= 11 is 0. The van der Waals surface area contributed by atoms with Crippen molar-refractivity contribution in [3.63, 3.8) is 0 Å². The highest BCUT2D eigenvalue weighted by Gasteiger charge is 2.31. The van der Waals surface area contributed by atoms with Gasteiger partial charge in [0.1, 0.15) is 0 Å². The molecule has 290 valence electrons. The number of hydrogen-bond donors (Lipinski definition) is 0. The van der Waals surface area contributed by atoms with Gasteiger partial charge < -0.3 is 0 Å². The third kappa shape index (κ3) is 12.0. The first kappa shape index (κ1) is 46.2. The fourth-order valence-corrected chi connectivity index (χ4v) is 7.22. The normalized spacial score (nSPS) is 15.0. The van der Waals surface area contributed by atoms with Crippen molar-refractivity contribution in [3.05, 3.63) is 202 Å². The highest BCUT2D eigenvalue weighted by atomic mass is 14.3. The quantitative estimate of drug-likeness (QED) is 0.146. The van der Waals surface area contributed by atoms with Gasteiger partial charge in [-0.25, -0.2) is 0 Å². The highest BCUT2D eigenvalue weighted by molar-refractivity contribution is 5.80. The van der Waals surface area contributed by atoms with E-state index in [0.717, 1.165) is 11.5 Å². The molecule has 0 aromatic heterocycles. The summed E-state index contributed by atoms with van der Waals surface area (Å²) in [5, 5.41) is 0. The molecule has 0 bridgehead atoms. The maximum absolute atomic E-state index is 3.92. The smallest absolute Gasteiger partial charge is 0.0340 e. The second-order valence-corrected chi connectivity index (χ2v) is 14.7. The Kier molecular flexibility index (Phi) is 18.9. The van der Waals surface area contributed by atoms with Crippen LogP contribution in [-0.2, 0) is 0 Å². The maximum atomic E-state index is 3.92. The van der Waals surface area contributed by atoms with Crippen LogP contribution in [0.3, 0.4) is 0 Å². The minimum absolute atomic E-state index is 0. The molecule has 0 saturated carbocycles. The van der Waals surface area contributed by atoms with E-state index in [1.165, 1.54) is 79.6 Å². The molecular formula is C55H70. The van der Waals surface area contributed by atoms with Gasteiger partial charge in [0, 0.05) is 11.8 Å². The predicted molar refractivity (Wildman–Crippen MR) is 249 cm³/mol. The number of fused-ring (bicyclic) bond motifs is 3. The molecule has 0 nitrogen and oxygen atoms in total. The van der Waals surface area contributed by atoms with Crippen LogP contribution in [0.5, 0.6) is 0 Å². The maximum Gasteiger partial charge on any atom is 0.0340 e. The minimum Gasteiger partial charge on any atom is -0.0985 e. The van der Waals surface area contributed by atoms with Gasteiger partial charge in [-0.2, -0.15) is 0 Å². The summed E-state index contributed by atoms with van der Waals surface area (Å²) in [6, 6.07) is 40.3. The molecule has 0 radical (unpaired) electrons. The number of aryl methyl sites for hydroxylation is 3. The first-order valence-corrected chi connectivity index (χ1v) is 19.7. The Bertz CT molecular complexity index is 1980. The fourth-order valence-electron chi connectivity index (χ4n) is 7.22. The lowest BCUT2D eigenvalue weighted by Gasteiger charge is -2.22. The molecule has 0 saturated heterocycles. The van der Waals surface area contributed by atoms with E-state index in [1.54, 1.807) is 0 Å². The molecule has 0 heteroatoms. The van der Waals surface area contributed by atoms with Crippen LogP contribution < -0.4 is 0 Å². The summed E-state index contributed by atoms with van der Waals surface area (Å²) < 4.78 is 0. The first-order valence-electron chi connectivity index (χ1n) is 19.7. The highest BCUT2D eigenvalue weighted by Crippen LogP contribution is 2.49. The zero-order valence-corrected chi connectivity index (χ0v) is 33.9. The fraction of sp³-hybridized carbons (Fsp3) is 0.309. The Morgan fingerprint density at radius 3 is 1.53 bits per heavy atom. The summed E-state index contributed by atoms with van der Waals surface area (Å²) in [5.41, 5.74) is 17.5. The Hall–Kier alpha value is -4.94. The minimum atomic E-state index is 0. The van der Waals surface area contributed by atoms with E-state index in [4.69, 9.17) is 0 Å². The third-order valence-electron chi connectivity index (χ3n) is 10.3. The van der Waals surface area contributed by atoms with Crippen LogP contribution in [0.15, 0.2) is 146 Å². The molecule has 0 N–H and O–H groups in total. The second-order valence-electron chi connectivity index (χ2n) is 14.7. The lowest BCUT2D eigenvalue weighted by atomic mass is 9.82. The number of allylic oxidation sites excluding steroid dienone is 4. The summed E-state index contributed by atoms with van der Waals surface area (Å²) in [7, 11) is 0. The molecule has 7 rings (SSSR count). The Balaban J connectivity index is 0.000000391. The molecule has 0 amide bonds. The van der Waals surface area contributed by atoms with Crippen molar-refractivity contribution >= 4 is 12.2 Å². The van der Waals surface area contributed by atoms with Crippen LogP contribution in [0.25, 0.3) is 23.3 Å². The Morgan fingerprint density at radius 2 is 1.05 bits per heavy atom. The van der Waals surface area contributed by atoms with Gasteiger partial charge in [-0.1, -0.05) is 225 Å². The van der Waals surface area contributed by atoms with Crippen molar-refractivity contribution in [1.29, 1.82) is 0 Å². The lowest BCUT2D eigenvalue weighted by molar-refractivity contribution is 0.573. The monoisotopic (exact) mass is 731 g/mol. The SMILES string of the molecule is C.C.C=Cc1ccc(C(c2ccc(C)cc2)c2ccc3c(c2)-c2cc(C)ccc2C3C(C)C)cc1.C=Cc1ccc(C)cc1.CC.CCC1=CCC(C)C=C1. The van der Waals surface area contributed by atoms with Crippen LogP contribution in [0.1, 0.15) is 137 Å². The summed E-state index contributed by atoms with van der Waals surface area (Å²) in [6.07, 6.45) is 13.0. The average Bonchev–Trinajstić information content (AvgIpc) is 3.51. The van der Waals surface area contributed by atoms with Gasteiger partial charge in [-0.3, -0.25) is 0 Å². The van der Waals surface area contributed by atoms with Crippen LogP contribution in [-0.4, -0.2) is 0 Å². The van der Waals surface area contributed by atoms with Gasteiger partial charge in [0.15, 0.2) is 0 Å². The number of hydrogen-bond acceptors (Lipinski definition) is 0. The molecule has 2 aliphatic rings. The van der Waals surface area contributed by atoms with Gasteiger partial charge >= 0.3 is 0 Å². The van der Waals surface area contributed by atoms with Crippen LogP contribution in [0.4, 0.5) is 0 Å². The zero-order chi connectivity index (χ0) is 38.5. The molecule has 55 heavy (non-hydrogen) atoms. The largest absolute Gasteiger partial charge is 0.0985 e. The van der Waals surface area contributed by atoms with Crippen LogP contribution >= 0.6 is 0 Å². The standard InChI is InChI=1S/C33H32.C9H14.C9H10.C2H6.2CH4/c1-6-24-10-14-26(15-11-24)33(25-12-7-22(4)8-13-25)27-16-18-29-31(20-27)30-19-23(5)9-17-28(30)32(29)21(2)3;2*1-3-9-6-4-8(2)5-7-9;1-2;;/h6-21,32-33H,1H2,2-5H3;4,6-8H,3,5H2,1-2H3;3-7H,1H2,2H3;1-2H3;2*1H4. The summed E-state index contributed by atoms with van der Waals surface area (Å²) in [6.45, 7) is 27.1. The van der Waals surface area contributed by atoms with E-state index in [2.05, 4.69) is 189 Å².